The SMILES string of the molecule is CC1CC(C)(C)c2c(N3CCC(N)C3)n[nH]c21. The molecule has 0 bridgehead atoms. The summed E-state index contributed by atoms with van der Waals surface area (Å²) in [5, 5.41) is 7.80. The number of rotatable bonds is 1. The molecule has 2 heterocycles. The number of anilines is 1. The molecule has 0 saturated carbocycles. The fourth-order valence-electron chi connectivity index (χ4n) is 3.55. The van der Waals surface area contributed by atoms with E-state index < -0.39 is 0 Å². The lowest BCUT2D eigenvalue weighted by Gasteiger charge is -2.24. The molecule has 17 heavy (non-hydrogen) atoms. The van der Waals surface area contributed by atoms with Crippen LogP contribution in [-0.4, -0.2) is 29.3 Å². The van der Waals surface area contributed by atoms with Gasteiger partial charge >= 0.3 is 0 Å². The first kappa shape index (κ1) is 11.1. The van der Waals surface area contributed by atoms with Crippen LogP contribution in [0.15, 0.2) is 0 Å². The second-order valence-corrected chi connectivity index (χ2v) is 6.32. The van der Waals surface area contributed by atoms with E-state index in [0.717, 1.165) is 25.3 Å². The molecule has 4 heteroatoms. The summed E-state index contributed by atoms with van der Waals surface area (Å²) in [5.74, 6) is 1.75. The van der Waals surface area contributed by atoms with Crippen LogP contribution in [0.25, 0.3) is 0 Å². The number of hydrogen-bond acceptors (Lipinski definition) is 3. The summed E-state index contributed by atoms with van der Waals surface area (Å²) in [6.45, 7) is 8.92. The second kappa shape index (κ2) is 3.48. The van der Waals surface area contributed by atoms with Gasteiger partial charge < -0.3 is 10.6 Å². The first-order valence-electron chi connectivity index (χ1n) is 6.58. The molecule has 1 aromatic rings. The van der Waals surface area contributed by atoms with Crippen molar-refractivity contribution in [3.05, 3.63) is 11.3 Å². The number of hydrogen-bond donors (Lipinski definition) is 2. The fourth-order valence-corrected chi connectivity index (χ4v) is 3.55. The lowest BCUT2D eigenvalue weighted by molar-refractivity contribution is 0.484. The van der Waals surface area contributed by atoms with Crippen molar-refractivity contribution in [3.8, 4) is 0 Å². The summed E-state index contributed by atoms with van der Waals surface area (Å²) in [6, 6.07) is 0.310. The largest absolute Gasteiger partial charge is 0.353 e. The average Bonchev–Trinajstić information content (AvgIpc) is 2.85. The molecule has 0 spiro atoms. The molecular weight excluding hydrogens is 212 g/mol. The molecule has 94 valence electrons. The normalized spacial score (nSPS) is 30.9. The van der Waals surface area contributed by atoms with Crippen LogP contribution in [0.1, 0.15) is 50.8 Å². The van der Waals surface area contributed by atoms with Crippen LogP contribution in [0, 0.1) is 0 Å². The van der Waals surface area contributed by atoms with E-state index in [4.69, 9.17) is 5.73 Å². The molecule has 3 rings (SSSR count). The summed E-state index contributed by atoms with van der Waals surface area (Å²) in [7, 11) is 0. The zero-order valence-electron chi connectivity index (χ0n) is 11.0. The Bertz CT molecular complexity index is 435. The van der Waals surface area contributed by atoms with Gasteiger partial charge in [-0.1, -0.05) is 20.8 Å². The Kier molecular flexibility index (Phi) is 2.27. The monoisotopic (exact) mass is 234 g/mol. The standard InChI is InChI=1S/C13H22N4/c1-8-6-13(2,3)10-11(8)15-16-12(10)17-5-4-9(14)7-17/h8-9H,4-7,14H2,1-3H3,(H,15,16). The van der Waals surface area contributed by atoms with Gasteiger partial charge in [-0.15, -0.1) is 0 Å². The van der Waals surface area contributed by atoms with Crippen LogP contribution in [0.5, 0.6) is 0 Å². The number of H-pyrrole nitrogens is 1. The minimum absolute atomic E-state index is 0.240. The Hall–Kier alpha value is -1.03. The third-order valence-corrected chi connectivity index (χ3v) is 4.29. The summed E-state index contributed by atoms with van der Waals surface area (Å²) >= 11 is 0. The molecule has 1 saturated heterocycles. The highest BCUT2D eigenvalue weighted by atomic mass is 15.3. The van der Waals surface area contributed by atoms with Gasteiger partial charge in [0, 0.05) is 30.4 Å². The summed E-state index contributed by atoms with van der Waals surface area (Å²) in [6.07, 6.45) is 2.29. The van der Waals surface area contributed by atoms with Crippen molar-refractivity contribution in [2.45, 2.75) is 51.0 Å². The van der Waals surface area contributed by atoms with Crippen molar-refractivity contribution in [1.82, 2.24) is 10.2 Å². The van der Waals surface area contributed by atoms with Gasteiger partial charge in [0.2, 0.25) is 0 Å². The molecule has 1 aromatic heterocycles. The van der Waals surface area contributed by atoms with E-state index in [1.807, 2.05) is 0 Å². The Morgan fingerprint density at radius 3 is 2.88 bits per heavy atom. The minimum atomic E-state index is 0.240. The molecule has 0 radical (unpaired) electrons. The quantitative estimate of drug-likeness (QED) is 0.778. The van der Waals surface area contributed by atoms with Crippen molar-refractivity contribution in [2.75, 3.05) is 18.0 Å². The highest BCUT2D eigenvalue weighted by molar-refractivity contribution is 5.57. The third kappa shape index (κ3) is 1.58. The van der Waals surface area contributed by atoms with Crippen LogP contribution in [-0.2, 0) is 5.41 Å². The van der Waals surface area contributed by atoms with E-state index in [-0.39, 0.29) is 5.41 Å². The number of nitrogens with zero attached hydrogens (tertiary/aromatic N) is 2. The van der Waals surface area contributed by atoms with Crippen molar-refractivity contribution in [2.24, 2.45) is 5.73 Å². The molecule has 1 fully saturated rings. The molecule has 1 aliphatic heterocycles. The fraction of sp³-hybridized carbons (Fsp3) is 0.769. The van der Waals surface area contributed by atoms with Crippen LogP contribution >= 0.6 is 0 Å². The Morgan fingerprint density at radius 1 is 1.47 bits per heavy atom. The smallest absolute Gasteiger partial charge is 0.154 e. The first-order valence-corrected chi connectivity index (χ1v) is 6.58. The number of fused-ring (bicyclic) bond motifs is 1. The van der Waals surface area contributed by atoms with Gasteiger partial charge in [0.05, 0.1) is 0 Å². The molecular formula is C13H22N4. The maximum Gasteiger partial charge on any atom is 0.154 e. The van der Waals surface area contributed by atoms with E-state index in [1.54, 1.807) is 0 Å². The molecule has 3 N–H and O–H groups in total. The van der Waals surface area contributed by atoms with E-state index in [1.165, 1.54) is 17.7 Å². The summed E-state index contributed by atoms with van der Waals surface area (Å²) in [4.78, 5) is 2.35. The number of nitrogens with one attached hydrogen (secondary N) is 1. The topological polar surface area (TPSA) is 57.9 Å². The predicted octanol–water partition coefficient (Wildman–Crippen LogP) is 1.73. The zero-order valence-corrected chi connectivity index (χ0v) is 11.0. The molecule has 4 nitrogen and oxygen atoms in total. The first-order chi connectivity index (χ1) is 7.99. The number of aromatic amines is 1. The van der Waals surface area contributed by atoms with Crippen LogP contribution in [0.4, 0.5) is 5.82 Å². The molecule has 0 amide bonds. The Labute approximate surface area is 103 Å². The zero-order chi connectivity index (χ0) is 12.2. The number of nitrogens with two attached hydrogens (primary N) is 1. The van der Waals surface area contributed by atoms with Gasteiger partial charge in [0.1, 0.15) is 0 Å². The maximum atomic E-state index is 5.99. The van der Waals surface area contributed by atoms with Gasteiger partial charge in [-0.05, 0) is 24.2 Å². The van der Waals surface area contributed by atoms with Crippen LogP contribution in [0.3, 0.4) is 0 Å². The molecule has 2 atom stereocenters. The van der Waals surface area contributed by atoms with Crippen LogP contribution < -0.4 is 10.6 Å². The van der Waals surface area contributed by atoms with Crippen molar-refractivity contribution in [1.29, 1.82) is 0 Å². The summed E-state index contributed by atoms with van der Waals surface area (Å²) in [5.41, 5.74) is 9.00. The van der Waals surface area contributed by atoms with Gasteiger partial charge in [-0.25, -0.2) is 0 Å². The van der Waals surface area contributed by atoms with Crippen LogP contribution in [0.2, 0.25) is 0 Å². The van der Waals surface area contributed by atoms with E-state index in [2.05, 4.69) is 35.9 Å². The summed E-state index contributed by atoms with van der Waals surface area (Å²) < 4.78 is 0. The van der Waals surface area contributed by atoms with E-state index >= 15 is 0 Å². The van der Waals surface area contributed by atoms with Crippen molar-refractivity contribution < 1.29 is 0 Å². The molecule has 1 aliphatic carbocycles. The average molecular weight is 234 g/mol. The second-order valence-electron chi connectivity index (χ2n) is 6.32. The van der Waals surface area contributed by atoms with Gasteiger partial charge in [-0.2, -0.15) is 5.10 Å². The van der Waals surface area contributed by atoms with Gasteiger partial charge in [0.15, 0.2) is 5.82 Å². The van der Waals surface area contributed by atoms with Crippen molar-refractivity contribution >= 4 is 5.82 Å². The molecule has 2 aliphatic rings. The molecule has 0 aromatic carbocycles. The van der Waals surface area contributed by atoms with E-state index in [0.29, 0.717) is 12.0 Å². The van der Waals surface area contributed by atoms with Gasteiger partial charge in [0.25, 0.3) is 0 Å². The third-order valence-electron chi connectivity index (χ3n) is 4.29. The van der Waals surface area contributed by atoms with Gasteiger partial charge in [-0.3, -0.25) is 5.10 Å². The highest BCUT2D eigenvalue weighted by Gasteiger charge is 2.41. The van der Waals surface area contributed by atoms with E-state index in [9.17, 15) is 0 Å². The Morgan fingerprint density at radius 2 is 2.24 bits per heavy atom. The highest BCUT2D eigenvalue weighted by Crippen LogP contribution is 2.48. The minimum Gasteiger partial charge on any atom is -0.353 e. The lowest BCUT2D eigenvalue weighted by atomic mass is 9.86. The Balaban J connectivity index is 2.01. The number of aromatic nitrogens is 2. The van der Waals surface area contributed by atoms with Crippen molar-refractivity contribution in [3.63, 3.8) is 0 Å². The predicted molar refractivity (Wildman–Crippen MR) is 69.5 cm³/mol. The molecule has 2 unspecified atom stereocenters. The lowest BCUT2D eigenvalue weighted by Crippen LogP contribution is -2.28. The maximum absolute atomic E-state index is 5.99.